The van der Waals surface area contributed by atoms with Crippen LogP contribution in [0.15, 0.2) is 36.4 Å². The normalized spacial score (nSPS) is 11.3. The number of hydrogen-bond acceptors (Lipinski definition) is 7. The average molecular weight is 388 g/mol. The molecule has 0 heterocycles. The third kappa shape index (κ3) is 4.76. The highest BCUT2D eigenvalue weighted by Crippen LogP contribution is 2.31. The quantitative estimate of drug-likeness (QED) is 0.419. The van der Waals surface area contributed by atoms with Crippen molar-refractivity contribution in [2.24, 2.45) is 0 Å². The fourth-order valence-electron chi connectivity index (χ4n) is 2.36. The van der Waals surface area contributed by atoms with Gasteiger partial charge in [0.1, 0.15) is 5.75 Å². The van der Waals surface area contributed by atoms with Crippen molar-refractivity contribution in [3.63, 3.8) is 0 Å². The first kappa shape index (κ1) is 20.7. The van der Waals surface area contributed by atoms with E-state index in [1.165, 1.54) is 52.3 Å². The number of anilines is 1. The van der Waals surface area contributed by atoms with E-state index in [0.29, 0.717) is 17.1 Å². The van der Waals surface area contributed by atoms with Crippen LogP contribution in [0.4, 0.5) is 11.4 Å². The highest BCUT2D eigenvalue weighted by Gasteiger charge is 2.20. The van der Waals surface area contributed by atoms with Gasteiger partial charge in [-0.15, -0.1) is 0 Å². The summed E-state index contributed by atoms with van der Waals surface area (Å²) in [6.45, 7) is 2.97. The van der Waals surface area contributed by atoms with Crippen molar-refractivity contribution >= 4 is 23.1 Å². The maximum Gasteiger partial charge on any atom is 0.273 e. The summed E-state index contributed by atoms with van der Waals surface area (Å²) in [6.07, 6.45) is -0.919. The van der Waals surface area contributed by atoms with Crippen LogP contribution in [0.5, 0.6) is 17.2 Å². The van der Waals surface area contributed by atoms with E-state index in [-0.39, 0.29) is 22.9 Å². The molecule has 2 aromatic carbocycles. The van der Waals surface area contributed by atoms with Crippen molar-refractivity contribution in [2.75, 3.05) is 19.5 Å². The van der Waals surface area contributed by atoms with Crippen LogP contribution in [0, 0.1) is 10.1 Å². The van der Waals surface area contributed by atoms with Gasteiger partial charge in [-0.05, 0) is 38.1 Å². The molecule has 9 heteroatoms. The summed E-state index contributed by atoms with van der Waals surface area (Å²) >= 11 is 0. The van der Waals surface area contributed by atoms with Gasteiger partial charge in [-0.2, -0.15) is 0 Å². The molecule has 0 unspecified atom stereocenters. The number of ketones is 1. The average Bonchev–Trinajstić information content (AvgIpc) is 2.67. The summed E-state index contributed by atoms with van der Waals surface area (Å²) in [7, 11) is 2.77. The smallest absolute Gasteiger partial charge is 0.273 e. The predicted octanol–water partition coefficient (Wildman–Crippen LogP) is 3.22. The van der Waals surface area contributed by atoms with Gasteiger partial charge < -0.3 is 19.5 Å². The Kier molecular flexibility index (Phi) is 6.54. The van der Waals surface area contributed by atoms with Crippen molar-refractivity contribution in [3.8, 4) is 17.2 Å². The van der Waals surface area contributed by atoms with Crippen molar-refractivity contribution in [3.05, 3.63) is 52.1 Å². The summed E-state index contributed by atoms with van der Waals surface area (Å²) < 4.78 is 16.0. The SMILES string of the molecule is COc1cc([N+](=O)[O-])ccc1NC(=O)[C@H](C)Oc1ccc(C(C)=O)cc1OC. The van der Waals surface area contributed by atoms with Gasteiger partial charge in [-0.3, -0.25) is 19.7 Å². The van der Waals surface area contributed by atoms with Crippen LogP contribution in [0.2, 0.25) is 0 Å². The summed E-state index contributed by atoms with van der Waals surface area (Å²) in [4.78, 5) is 34.2. The summed E-state index contributed by atoms with van der Waals surface area (Å²) in [5.74, 6) is 0.148. The number of methoxy groups -OCH3 is 2. The molecule has 0 spiro atoms. The topological polar surface area (TPSA) is 117 Å². The number of carbonyl (C=O) groups excluding carboxylic acids is 2. The number of nitrogens with zero attached hydrogens (tertiary/aromatic N) is 1. The zero-order valence-electron chi connectivity index (χ0n) is 15.8. The lowest BCUT2D eigenvalue weighted by molar-refractivity contribution is -0.384. The third-order valence-corrected chi connectivity index (χ3v) is 3.90. The van der Waals surface area contributed by atoms with E-state index < -0.39 is 16.9 Å². The molecule has 148 valence electrons. The van der Waals surface area contributed by atoms with Gasteiger partial charge in [0.25, 0.3) is 11.6 Å². The zero-order valence-corrected chi connectivity index (χ0v) is 15.8. The number of nitro groups is 1. The largest absolute Gasteiger partial charge is 0.494 e. The fraction of sp³-hybridized carbons (Fsp3) is 0.263. The van der Waals surface area contributed by atoms with Crippen LogP contribution in [0.3, 0.4) is 0 Å². The Bertz CT molecular complexity index is 911. The first-order chi connectivity index (χ1) is 13.3. The number of carbonyl (C=O) groups is 2. The van der Waals surface area contributed by atoms with Gasteiger partial charge in [-0.1, -0.05) is 0 Å². The van der Waals surface area contributed by atoms with Gasteiger partial charge in [-0.25, -0.2) is 0 Å². The third-order valence-electron chi connectivity index (χ3n) is 3.90. The molecular weight excluding hydrogens is 368 g/mol. The highest BCUT2D eigenvalue weighted by atomic mass is 16.6. The molecule has 1 amide bonds. The van der Waals surface area contributed by atoms with E-state index in [2.05, 4.69) is 5.32 Å². The predicted molar refractivity (Wildman–Crippen MR) is 101 cm³/mol. The van der Waals surface area contributed by atoms with Crippen molar-refractivity contribution < 1.29 is 28.7 Å². The standard InChI is InChI=1S/C19H20N2O7/c1-11(22)13-5-8-16(18(9-13)27-4)28-12(2)19(23)20-15-7-6-14(21(24)25)10-17(15)26-3/h5-10,12H,1-4H3,(H,20,23)/t12-/m0/s1. The minimum absolute atomic E-state index is 0.124. The molecule has 28 heavy (non-hydrogen) atoms. The molecule has 1 N–H and O–H groups in total. The van der Waals surface area contributed by atoms with Crippen LogP contribution >= 0.6 is 0 Å². The van der Waals surface area contributed by atoms with Gasteiger partial charge in [0.15, 0.2) is 23.4 Å². The number of nitrogens with one attached hydrogen (secondary N) is 1. The maximum absolute atomic E-state index is 12.5. The number of Topliss-reactive ketones (excluding diaryl/α,β-unsaturated/α-hetero) is 1. The highest BCUT2D eigenvalue weighted by molar-refractivity contribution is 5.96. The van der Waals surface area contributed by atoms with Crippen molar-refractivity contribution in [2.45, 2.75) is 20.0 Å². The number of non-ortho nitro benzene ring substituents is 1. The van der Waals surface area contributed by atoms with Crippen molar-refractivity contribution in [1.29, 1.82) is 0 Å². The van der Waals surface area contributed by atoms with Gasteiger partial charge in [0, 0.05) is 11.6 Å². The Morgan fingerprint density at radius 2 is 1.71 bits per heavy atom. The zero-order chi connectivity index (χ0) is 20.8. The summed E-state index contributed by atoms with van der Waals surface area (Å²) in [5, 5.41) is 13.5. The van der Waals surface area contributed by atoms with Crippen LogP contribution in [-0.2, 0) is 4.79 Å². The van der Waals surface area contributed by atoms with Crippen LogP contribution in [-0.4, -0.2) is 36.9 Å². The fourth-order valence-corrected chi connectivity index (χ4v) is 2.36. The Morgan fingerprint density at radius 3 is 2.29 bits per heavy atom. The number of rotatable bonds is 8. The molecule has 0 aliphatic carbocycles. The first-order valence-corrected chi connectivity index (χ1v) is 8.25. The summed E-state index contributed by atoms with van der Waals surface area (Å²) in [6, 6.07) is 8.50. The monoisotopic (exact) mass is 388 g/mol. The number of benzene rings is 2. The number of hydrogen-bond donors (Lipinski definition) is 1. The van der Waals surface area contributed by atoms with Crippen LogP contribution < -0.4 is 19.5 Å². The molecular formula is C19H20N2O7. The molecule has 0 bridgehead atoms. The molecule has 0 saturated carbocycles. The second-order valence-corrected chi connectivity index (χ2v) is 5.81. The Morgan fingerprint density at radius 1 is 1.04 bits per heavy atom. The molecule has 0 aliphatic heterocycles. The van der Waals surface area contributed by atoms with Gasteiger partial charge >= 0.3 is 0 Å². The lowest BCUT2D eigenvalue weighted by atomic mass is 10.1. The minimum atomic E-state index is -0.919. The second-order valence-electron chi connectivity index (χ2n) is 5.81. The first-order valence-electron chi connectivity index (χ1n) is 8.25. The number of ether oxygens (including phenoxy) is 3. The van der Waals surface area contributed by atoms with Crippen LogP contribution in [0.25, 0.3) is 0 Å². The van der Waals surface area contributed by atoms with E-state index in [4.69, 9.17) is 14.2 Å². The van der Waals surface area contributed by atoms with E-state index in [1.54, 1.807) is 12.1 Å². The van der Waals surface area contributed by atoms with Gasteiger partial charge in [0.05, 0.1) is 30.9 Å². The molecule has 0 aromatic heterocycles. The Balaban J connectivity index is 2.15. The lowest BCUT2D eigenvalue weighted by Crippen LogP contribution is -2.30. The molecule has 0 radical (unpaired) electrons. The molecule has 0 fully saturated rings. The molecule has 1 atom stereocenters. The second kappa shape index (κ2) is 8.85. The number of amides is 1. The van der Waals surface area contributed by atoms with E-state index in [1.807, 2.05) is 0 Å². The molecule has 0 saturated heterocycles. The molecule has 0 aliphatic rings. The minimum Gasteiger partial charge on any atom is -0.494 e. The molecule has 2 rings (SSSR count). The van der Waals surface area contributed by atoms with E-state index in [0.717, 1.165) is 0 Å². The molecule has 2 aromatic rings. The lowest BCUT2D eigenvalue weighted by Gasteiger charge is -2.18. The van der Waals surface area contributed by atoms with E-state index >= 15 is 0 Å². The van der Waals surface area contributed by atoms with E-state index in [9.17, 15) is 19.7 Å². The molecule has 9 nitrogen and oxygen atoms in total. The maximum atomic E-state index is 12.5. The van der Waals surface area contributed by atoms with Crippen LogP contribution in [0.1, 0.15) is 24.2 Å². The van der Waals surface area contributed by atoms with Gasteiger partial charge in [0.2, 0.25) is 0 Å². The number of nitro benzene ring substituents is 1. The van der Waals surface area contributed by atoms with Crippen molar-refractivity contribution in [1.82, 2.24) is 0 Å². The summed E-state index contributed by atoms with van der Waals surface area (Å²) in [5.41, 5.74) is 0.568. The Hall–Kier alpha value is -3.62. The Labute approximate surface area is 161 Å².